The lowest BCUT2D eigenvalue weighted by Crippen LogP contribution is -2.39. The maximum absolute atomic E-state index is 12.6. The Morgan fingerprint density at radius 3 is 3.14 bits per heavy atom. The predicted molar refractivity (Wildman–Crippen MR) is 89.7 cm³/mol. The maximum atomic E-state index is 12.6. The Kier molecular flexibility index (Phi) is 4.83. The molecular weight excluding hydrogens is 316 g/mol. The van der Waals surface area contributed by atoms with Crippen LogP contribution in [-0.2, 0) is 6.54 Å². The monoisotopic (exact) mass is 336 g/mol. The van der Waals surface area contributed by atoms with Crippen LogP contribution >= 0.6 is 23.1 Å². The Morgan fingerprint density at radius 1 is 1.55 bits per heavy atom. The van der Waals surface area contributed by atoms with Crippen molar-refractivity contribution in [1.29, 1.82) is 0 Å². The maximum Gasteiger partial charge on any atom is 0.273 e. The van der Waals surface area contributed by atoms with Crippen molar-refractivity contribution >= 4 is 29.0 Å². The average Bonchev–Trinajstić information content (AvgIpc) is 3.23. The topological polar surface area (TPSA) is 51.0 Å². The summed E-state index contributed by atoms with van der Waals surface area (Å²) in [5, 5.41) is 1.87. The van der Waals surface area contributed by atoms with E-state index in [1.54, 1.807) is 11.8 Å². The number of thioether (sulfide) groups is 1. The van der Waals surface area contributed by atoms with E-state index in [0.29, 0.717) is 11.6 Å². The van der Waals surface area contributed by atoms with Gasteiger partial charge in [0.15, 0.2) is 0 Å². The van der Waals surface area contributed by atoms with Crippen molar-refractivity contribution in [3.05, 3.63) is 29.3 Å². The lowest BCUT2D eigenvalue weighted by atomic mass is 9.97. The minimum absolute atomic E-state index is 0.0517. The molecule has 1 saturated heterocycles. The van der Waals surface area contributed by atoms with Gasteiger partial charge in [-0.3, -0.25) is 4.79 Å². The Balaban J connectivity index is 1.74. The van der Waals surface area contributed by atoms with Gasteiger partial charge in [-0.25, -0.2) is 9.97 Å². The number of carbonyl (C=O) groups is 1. The van der Waals surface area contributed by atoms with Crippen molar-refractivity contribution in [2.75, 3.05) is 19.3 Å². The molecule has 1 aliphatic heterocycles. The third-order valence-electron chi connectivity index (χ3n) is 4.04. The molecule has 5 nitrogen and oxygen atoms in total. The van der Waals surface area contributed by atoms with Gasteiger partial charge in [0.05, 0.1) is 0 Å². The third-order valence-corrected chi connectivity index (χ3v) is 5.90. The number of thiazole rings is 1. The Bertz CT molecular complexity index is 652. The van der Waals surface area contributed by atoms with E-state index >= 15 is 0 Å². The molecule has 0 spiro atoms. The fourth-order valence-electron chi connectivity index (χ4n) is 2.93. The Labute approximate surface area is 138 Å². The lowest BCUT2D eigenvalue weighted by molar-refractivity contribution is 0.0697. The van der Waals surface area contributed by atoms with Crippen molar-refractivity contribution in [3.63, 3.8) is 0 Å². The molecule has 22 heavy (non-hydrogen) atoms. The molecule has 3 heterocycles. The zero-order chi connectivity index (χ0) is 15.5. The van der Waals surface area contributed by atoms with Crippen LogP contribution in [0.25, 0.3) is 0 Å². The summed E-state index contributed by atoms with van der Waals surface area (Å²) >= 11 is 3.11. The first-order valence-corrected chi connectivity index (χ1v) is 9.63. The Morgan fingerprint density at radius 2 is 2.41 bits per heavy atom. The Hall–Kier alpha value is -1.34. The number of hydrogen-bond donors (Lipinski definition) is 0. The number of aryl methyl sites for hydroxylation is 1. The van der Waals surface area contributed by atoms with Crippen LogP contribution in [0.4, 0.5) is 0 Å². The van der Waals surface area contributed by atoms with Gasteiger partial charge in [-0.2, -0.15) is 0 Å². The number of rotatable bonds is 4. The first kappa shape index (κ1) is 15.6. The van der Waals surface area contributed by atoms with Crippen LogP contribution in [0.5, 0.6) is 0 Å². The number of imidazole rings is 1. The number of hydrogen-bond acceptors (Lipinski definition) is 5. The number of nitrogens with zero attached hydrogens (tertiary/aromatic N) is 4. The summed E-state index contributed by atoms with van der Waals surface area (Å²) in [4.78, 5) is 23.5. The number of piperidine rings is 1. The van der Waals surface area contributed by atoms with E-state index in [-0.39, 0.29) is 5.91 Å². The fourth-order valence-corrected chi connectivity index (χ4v) is 4.17. The molecule has 2 aromatic rings. The van der Waals surface area contributed by atoms with Crippen molar-refractivity contribution in [1.82, 2.24) is 19.4 Å². The SMILES string of the molecule is CCn1ccnc1[C@@H]1CCCN(C(=O)c2csc(SC)n2)C1. The highest BCUT2D eigenvalue weighted by molar-refractivity contribution is 8.00. The van der Waals surface area contributed by atoms with Crippen molar-refractivity contribution in [3.8, 4) is 0 Å². The molecular formula is C15H20N4OS2. The molecule has 0 bridgehead atoms. The quantitative estimate of drug-likeness (QED) is 0.805. The number of carbonyl (C=O) groups excluding carboxylic acids is 1. The molecule has 1 atom stereocenters. The normalized spacial score (nSPS) is 18.6. The summed E-state index contributed by atoms with van der Waals surface area (Å²) in [5.41, 5.74) is 0.578. The van der Waals surface area contributed by atoms with Gasteiger partial charge in [0, 0.05) is 43.3 Å². The van der Waals surface area contributed by atoms with Gasteiger partial charge in [0.2, 0.25) is 0 Å². The summed E-state index contributed by atoms with van der Waals surface area (Å²) in [6.07, 6.45) is 7.96. The second-order valence-corrected chi connectivity index (χ2v) is 7.28. The molecule has 0 unspecified atom stereocenters. The molecule has 1 amide bonds. The molecule has 0 saturated carbocycles. The highest BCUT2D eigenvalue weighted by Crippen LogP contribution is 2.27. The van der Waals surface area contributed by atoms with E-state index in [1.165, 1.54) is 11.3 Å². The molecule has 7 heteroatoms. The summed E-state index contributed by atoms with van der Waals surface area (Å²) in [6.45, 7) is 4.59. The second-order valence-electron chi connectivity index (χ2n) is 5.36. The molecule has 2 aromatic heterocycles. The van der Waals surface area contributed by atoms with Gasteiger partial charge in [0.25, 0.3) is 5.91 Å². The van der Waals surface area contributed by atoms with Crippen LogP contribution in [0.15, 0.2) is 22.1 Å². The van der Waals surface area contributed by atoms with Gasteiger partial charge >= 0.3 is 0 Å². The first-order chi connectivity index (χ1) is 10.7. The zero-order valence-electron chi connectivity index (χ0n) is 12.9. The predicted octanol–water partition coefficient (Wildman–Crippen LogP) is 3.10. The van der Waals surface area contributed by atoms with Gasteiger partial charge in [-0.15, -0.1) is 11.3 Å². The van der Waals surface area contributed by atoms with Crippen LogP contribution in [0.2, 0.25) is 0 Å². The third kappa shape index (κ3) is 3.05. The number of aromatic nitrogens is 3. The zero-order valence-corrected chi connectivity index (χ0v) is 14.5. The van der Waals surface area contributed by atoms with Gasteiger partial charge < -0.3 is 9.47 Å². The van der Waals surface area contributed by atoms with Crippen LogP contribution in [0.3, 0.4) is 0 Å². The van der Waals surface area contributed by atoms with E-state index in [9.17, 15) is 4.79 Å². The van der Waals surface area contributed by atoms with Crippen molar-refractivity contribution < 1.29 is 4.79 Å². The molecule has 1 fully saturated rings. The summed E-state index contributed by atoms with van der Waals surface area (Å²) < 4.78 is 3.12. The number of amides is 1. The summed E-state index contributed by atoms with van der Waals surface area (Å²) in [5.74, 6) is 1.48. The van der Waals surface area contributed by atoms with Crippen LogP contribution in [0, 0.1) is 0 Å². The molecule has 118 valence electrons. The van der Waals surface area contributed by atoms with E-state index in [0.717, 1.165) is 42.6 Å². The molecule has 0 aromatic carbocycles. The molecule has 3 rings (SSSR count). The molecule has 1 aliphatic rings. The fraction of sp³-hybridized carbons (Fsp3) is 0.533. The largest absolute Gasteiger partial charge is 0.337 e. The smallest absolute Gasteiger partial charge is 0.273 e. The van der Waals surface area contributed by atoms with Crippen molar-refractivity contribution in [2.24, 2.45) is 0 Å². The van der Waals surface area contributed by atoms with Crippen LogP contribution < -0.4 is 0 Å². The van der Waals surface area contributed by atoms with Crippen molar-refractivity contribution in [2.45, 2.75) is 36.6 Å². The molecule has 0 aliphatic carbocycles. The number of likely N-dealkylation sites (tertiary alicyclic amines) is 1. The standard InChI is InChI=1S/C15H20N4OS2/c1-3-18-8-6-16-13(18)11-5-4-7-19(9-11)14(20)12-10-22-15(17-12)21-2/h6,8,10-11H,3-5,7,9H2,1-2H3/t11-/m1/s1. The van der Waals surface area contributed by atoms with E-state index in [1.807, 2.05) is 28.9 Å². The van der Waals surface area contributed by atoms with Crippen LogP contribution in [0.1, 0.15) is 42.0 Å². The molecule has 0 N–H and O–H groups in total. The first-order valence-electron chi connectivity index (χ1n) is 7.52. The van der Waals surface area contributed by atoms with E-state index in [2.05, 4.69) is 21.5 Å². The highest BCUT2D eigenvalue weighted by atomic mass is 32.2. The highest BCUT2D eigenvalue weighted by Gasteiger charge is 2.28. The van der Waals surface area contributed by atoms with Gasteiger partial charge in [0.1, 0.15) is 15.9 Å². The molecule has 0 radical (unpaired) electrons. The summed E-state index contributed by atoms with van der Waals surface area (Å²) in [6, 6.07) is 0. The van der Waals surface area contributed by atoms with Crippen LogP contribution in [-0.4, -0.2) is 44.7 Å². The minimum Gasteiger partial charge on any atom is -0.337 e. The van der Waals surface area contributed by atoms with E-state index < -0.39 is 0 Å². The lowest BCUT2D eigenvalue weighted by Gasteiger charge is -2.32. The van der Waals surface area contributed by atoms with Gasteiger partial charge in [-0.05, 0) is 26.0 Å². The average molecular weight is 336 g/mol. The second kappa shape index (κ2) is 6.83. The van der Waals surface area contributed by atoms with Gasteiger partial charge in [-0.1, -0.05) is 11.8 Å². The summed E-state index contributed by atoms with van der Waals surface area (Å²) in [7, 11) is 0. The minimum atomic E-state index is 0.0517. The van der Waals surface area contributed by atoms with E-state index in [4.69, 9.17) is 0 Å².